The van der Waals surface area contributed by atoms with Crippen molar-refractivity contribution in [3.8, 4) is 0 Å². The molecule has 1 amide bonds. The standard InChI is InChI=1S/C10H9ClN4O3S/c11-8-2-1-7(19(12,17)18)3-9(8)15-10(16)6-4-13-14-5-6/h1-5H,(H,13,14)(H,15,16)(H2,12,17,18). The van der Waals surface area contributed by atoms with Crippen LogP contribution < -0.4 is 10.5 Å². The van der Waals surface area contributed by atoms with Crippen molar-refractivity contribution in [3.63, 3.8) is 0 Å². The summed E-state index contributed by atoms with van der Waals surface area (Å²) in [6.45, 7) is 0. The van der Waals surface area contributed by atoms with Crippen LogP contribution in [-0.2, 0) is 10.0 Å². The summed E-state index contributed by atoms with van der Waals surface area (Å²) in [5, 5.41) is 13.8. The molecule has 0 aliphatic rings. The number of H-pyrrole nitrogens is 1. The van der Waals surface area contributed by atoms with Crippen LogP contribution >= 0.6 is 11.6 Å². The fraction of sp³-hybridized carbons (Fsp3) is 0. The Morgan fingerprint density at radius 1 is 1.42 bits per heavy atom. The SMILES string of the molecule is NS(=O)(=O)c1ccc(Cl)c(NC(=O)c2cn[nH]c2)c1. The number of nitrogens with two attached hydrogens (primary N) is 1. The van der Waals surface area contributed by atoms with Gasteiger partial charge >= 0.3 is 0 Å². The Bertz CT molecular complexity index is 712. The van der Waals surface area contributed by atoms with Crippen molar-refractivity contribution < 1.29 is 13.2 Å². The maximum atomic E-state index is 11.8. The molecule has 1 aromatic heterocycles. The van der Waals surface area contributed by atoms with Crippen LogP contribution in [0, 0.1) is 0 Å². The predicted molar refractivity (Wildman–Crippen MR) is 69.4 cm³/mol. The number of aromatic nitrogens is 2. The second kappa shape index (κ2) is 5.00. The minimum Gasteiger partial charge on any atom is -0.320 e. The monoisotopic (exact) mass is 300 g/mol. The fourth-order valence-electron chi connectivity index (χ4n) is 1.35. The van der Waals surface area contributed by atoms with E-state index in [9.17, 15) is 13.2 Å². The molecule has 19 heavy (non-hydrogen) atoms. The maximum Gasteiger partial charge on any atom is 0.258 e. The van der Waals surface area contributed by atoms with Crippen molar-refractivity contribution in [2.24, 2.45) is 5.14 Å². The summed E-state index contributed by atoms with van der Waals surface area (Å²) in [6, 6.07) is 3.78. The molecule has 0 fully saturated rings. The Morgan fingerprint density at radius 2 is 2.16 bits per heavy atom. The van der Waals surface area contributed by atoms with Gasteiger partial charge < -0.3 is 5.32 Å². The highest BCUT2D eigenvalue weighted by Crippen LogP contribution is 2.25. The Kier molecular flexibility index (Phi) is 3.56. The van der Waals surface area contributed by atoms with Gasteiger partial charge in [-0.3, -0.25) is 9.89 Å². The van der Waals surface area contributed by atoms with Crippen LogP contribution in [0.5, 0.6) is 0 Å². The zero-order valence-corrected chi connectivity index (χ0v) is 11.0. The van der Waals surface area contributed by atoms with Gasteiger partial charge in [-0.1, -0.05) is 11.6 Å². The van der Waals surface area contributed by atoms with Crippen molar-refractivity contribution in [2.45, 2.75) is 4.90 Å². The molecule has 2 aromatic rings. The van der Waals surface area contributed by atoms with E-state index < -0.39 is 15.9 Å². The minimum atomic E-state index is -3.86. The van der Waals surface area contributed by atoms with E-state index >= 15 is 0 Å². The molecule has 4 N–H and O–H groups in total. The number of anilines is 1. The molecule has 0 spiro atoms. The zero-order chi connectivity index (χ0) is 14.0. The third-order valence-electron chi connectivity index (χ3n) is 2.27. The molecule has 100 valence electrons. The highest BCUT2D eigenvalue weighted by molar-refractivity contribution is 7.89. The Labute approximate surface area is 113 Å². The van der Waals surface area contributed by atoms with E-state index in [1.165, 1.54) is 30.6 Å². The first kappa shape index (κ1) is 13.5. The third kappa shape index (κ3) is 3.11. The lowest BCUT2D eigenvalue weighted by atomic mass is 10.3. The van der Waals surface area contributed by atoms with Crippen molar-refractivity contribution in [3.05, 3.63) is 41.2 Å². The summed E-state index contributed by atoms with van der Waals surface area (Å²) >= 11 is 5.88. The van der Waals surface area contributed by atoms with Gasteiger partial charge in [0.05, 0.1) is 27.4 Å². The van der Waals surface area contributed by atoms with E-state index in [1.54, 1.807) is 0 Å². The second-order valence-corrected chi connectivity index (χ2v) is 5.60. The number of hydrogen-bond donors (Lipinski definition) is 3. The number of nitrogens with zero attached hydrogens (tertiary/aromatic N) is 1. The van der Waals surface area contributed by atoms with Crippen LogP contribution in [0.4, 0.5) is 5.69 Å². The van der Waals surface area contributed by atoms with E-state index in [1.807, 2.05) is 0 Å². The summed E-state index contributed by atoms with van der Waals surface area (Å²) < 4.78 is 22.4. The molecule has 0 aliphatic heterocycles. The van der Waals surface area contributed by atoms with Crippen LogP contribution in [0.2, 0.25) is 5.02 Å². The van der Waals surface area contributed by atoms with Gasteiger partial charge in [0.15, 0.2) is 0 Å². The Morgan fingerprint density at radius 3 is 2.74 bits per heavy atom. The number of amides is 1. The second-order valence-electron chi connectivity index (χ2n) is 3.63. The van der Waals surface area contributed by atoms with E-state index in [0.717, 1.165) is 0 Å². The molecule has 0 bridgehead atoms. The van der Waals surface area contributed by atoms with Crippen LogP contribution in [0.1, 0.15) is 10.4 Å². The molecular formula is C10H9ClN4O3S. The third-order valence-corrected chi connectivity index (χ3v) is 3.52. The lowest BCUT2D eigenvalue weighted by Crippen LogP contribution is -2.14. The summed E-state index contributed by atoms with van der Waals surface area (Å²) in [7, 11) is -3.86. The number of halogens is 1. The quantitative estimate of drug-likeness (QED) is 0.782. The zero-order valence-electron chi connectivity index (χ0n) is 9.42. The number of hydrogen-bond acceptors (Lipinski definition) is 4. The van der Waals surface area contributed by atoms with Gasteiger partial charge in [0.2, 0.25) is 10.0 Å². The van der Waals surface area contributed by atoms with E-state index in [2.05, 4.69) is 15.5 Å². The van der Waals surface area contributed by atoms with Crippen molar-refractivity contribution >= 4 is 33.2 Å². The number of primary sulfonamides is 1. The molecule has 0 aliphatic carbocycles. The number of nitrogens with one attached hydrogen (secondary N) is 2. The van der Waals surface area contributed by atoms with Crippen LogP contribution in [-0.4, -0.2) is 24.5 Å². The Hall–Kier alpha value is -1.90. The normalized spacial score (nSPS) is 11.3. The maximum absolute atomic E-state index is 11.8. The Balaban J connectivity index is 2.32. The number of benzene rings is 1. The molecule has 0 radical (unpaired) electrons. The molecule has 0 saturated heterocycles. The highest BCUT2D eigenvalue weighted by atomic mass is 35.5. The van der Waals surface area contributed by atoms with E-state index in [4.69, 9.17) is 16.7 Å². The fourth-order valence-corrected chi connectivity index (χ4v) is 2.05. The summed E-state index contributed by atoms with van der Waals surface area (Å²) in [4.78, 5) is 11.6. The summed E-state index contributed by atoms with van der Waals surface area (Å²) in [6.07, 6.45) is 2.72. The minimum absolute atomic E-state index is 0.139. The van der Waals surface area contributed by atoms with Gasteiger partial charge in [-0.25, -0.2) is 13.6 Å². The molecule has 2 rings (SSSR count). The van der Waals surface area contributed by atoms with Gasteiger partial charge in [0, 0.05) is 6.20 Å². The number of aromatic amines is 1. The van der Waals surface area contributed by atoms with E-state index in [0.29, 0.717) is 0 Å². The van der Waals surface area contributed by atoms with Crippen LogP contribution in [0.15, 0.2) is 35.5 Å². The van der Waals surface area contributed by atoms with Crippen LogP contribution in [0.25, 0.3) is 0 Å². The van der Waals surface area contributed by atoms with Crippen molar-refractivity contribution in [1.82, 2.24) is 10.2 Å². The highest BCUT2D eigenvalue weighted by Gasteiger charge is 2.13. The number of rotatable bonds is 3. The van der Waals surface area contributed by atoms with Crippen molar-refractivity contribution in [1.29, 1.82) is 0 Å². The molecule has 7 nitrogen and oxygen atoms in total. The van der Waals surface area contributed by atoms with Gasteiger partial charge in [-0.2, -0.15) is 5.10 Å². The molecule has 0 atom stereocenters. The molecule has 1 aromatic carbocycles. The number of carbonyl (C=O) groups excluding carboxylic acids is 1. The summed E-state index contributed by atoms with van der Waals surface area (Å²) in [5.41, 5.74) is 0.441. The molecule has 9 heteroatoms. The molecule has 0 saturated carbocycles. The molecule has 1 heterocycles. The topological polar surface area (TPSA) is 118 Å². The predicted octanol–water partition coefficient (Wildman–Crippen LogP) is 0.963. The number of carbonyl (C=O) groups is 1. The van der Waals surface area contributed by atoms with Gasteiger partial charge in [-0.05, 0) is 18.2 Å². The van der Waals surface area contributed by atoms with Gasteiger partial charge in [-0.15, -0.1) is 0 Å². The van der Waals surface area contributed by atoms with E-state index in [-0.39, 0.29) is 21.2 Å². The van der Waals surface area contributed by atoms with Gasteiger partial charge in [0.25, 0.3) is 5.91 Å². The molecular weight excluding hydrogens is 292 g/mol. The number of sulfonamides is 1. The van der Waals surface area contributed by atoms with Crippen LogP contribution in [0.3, 0.4) is 0 Å². The lowest BCUT2D eigenvalue weighted by molar-refractivity contribution is 0.102. The average molecular weight is 301 g/mol. The first-order valence-corrected chi connectivity index (χ1v) is 6.93. The largest absolute Gasteiger partial charge is 0.320 e. The first-order chi connectivity index (χ1) is 8.88. The lowest BCUT2D eigenvalue weighted by Gasteiger charge is -2.07. The van der Waals surface area contributed by atoms with Gasteiger partial charge in [0.1, 0.15) is 0 Å². The van der Waals surface area contributed by atoms with Crippen molar-refractivity contribution in [2.75, 3.05) is 5.32 Å². The molecule has 0 unspecified atom stereocenters. The average Bonchev–Trinajstić information content (AvgIpc) is 2.84. The first-order valence-electron chi connectivity index (χ1n) is 5.00. The smallest absolute Gasteiger partial charge is 0.258 e. The summed E-state index contributed by atoms with van der Waals surface area (Å²) in [5.74, 6) is -0.470.